The van der Waals surface area contributed by atoms with Crippen molar-refractivity contribution in [1.29, 1.82) is 0 Å². The Bertz CT molecular complexity index is 853. The molecule has 1 aliphatic rings. The summed E-state index contributed by atoms with van der Waals surface area (Å²) in [6.07, 6.45) is 2.92. The van der Waals surface area contributed by atoms with Gasteiger partial charge >= 0.3 is 0 Å². The average molecular weight is 415 g/mol. The van der Waals surface area contributed by atoms with Gasteiger partial charge in [-0.1, -0.05) is 0 Å². The molecule has 1 aliphatic heterocycles. The Morgan fingerprint density at radius 3 is 2.33 bits per heavy atom. The van der Waals surface area contributed by atoms with E-state index in [4.69, 9.17) is 19.3 Å². The molecule has 0 unspecified atom stereocenters. The van der Waals surface area contributed by atoms with E-state index in [1.807, 2.05) is 19.1 Å². The predicted molar refractivity (Wildman–Crippen MR) is 117 cm³/mol. The van der Waals surface area contributed by atoms with E-state index in [9.17, 15) is 4.79 Å². The molecule has 0 atom stereocenters. The minimum atomic E-state index is -0.268. The molecule has 162 valence electrons. The summed E-state index contributed by atoms with van der Waals surface area (Å²) < 4.78 is 16.5. The molecule has 2 N–H and O–H groups in total. The first-order chi connectivity index (χ1) is 14.5. The first-order valence-electron chi connectivity index (χ1n) is 10.2. The third kappa shape index (κ3) is 5.16. The summed E-state index contributed by atoms with van der Waals surface area (Å²) in [5, 5.41) is 12.1. The molecule has 1 heterocycles. The fourth-order valence-corrected chi connectivity index (χ4v) is 3.63. The molecule has 7 nitrogen and oxygen atoms in total. The van der Waals surface area contributed by atoms with Gasteiger partial charge in [0.05, 0.1) is 14.2 Å². The van der Waals surface area contributed by atoms with Crippen LogP contribution >= 0.6 is 0 Å². The summed E-state index contributed by atoms with van der Waals surface area (Å²) in [6, 6.07) is 9.63. The number of hydrogen-bond acceptors (Lipinski definition) is 6. The van der Waals surface area contributed by atoms with Crippen molar-refractivity contribution in [1.82, 2.24) is 0 Å². The van der Waals surface area contributed by atoms with Crippen LogP contribution in [-0.4, -0.2) is 51.5 Å². The molecular formula is C23H30N2O5. The standard InChI is InChI=1S/C23H30N2O5/c1-16-12-18(25-9-4-5-10-25)6-7-19(16)24-22(27)15-30-23-20(28-2)13-17(8-11-26)14-21(23)29-3/h6-7,12-14,26H,4-5,8-11,15H2,1-3H3,(H,24,27). The Kier molecular flexibility index (Phi) is 7.41. The van der Waals surface area contributed by atoms with E-state index in [0.29, 0.717) is 23.7 Å². The minimum Gasteiger partial charge on any atom is -0.493 e. The molecule has 1 saturated heterocycles. The van der Waals surface area contributed by atoms with Gasteiger partial charge < -0.3 is 29.5 Å². The van der Waals surface area contributed by atoms with E-state index in [1.165, 1.54) is 32.7 Å². The molecule has 2 aromatic rings. The number of rotatable bonds is 9. The number of aliphatic hydroxyl groups is 1. The molecule has 0 aromatic heterocycles. The number of methoxy groups -OCH3 is 2. The van der Waals surface area contributed by atoms with E-state index in [0.717, 1.165) is 29.9 Å². The number of hydrogen-bond donors (Lipinski definition) is 2. The van der Waals surface area contributed by atoms with Gasteiger partial charge in [0.1, 0.15) is 0 Å². The number of amides is 1. The maximum absolute atomic E-state index is 12.5. The molecule has 1 fully saturated rings. The van der Waals surface area contributed by atoms with Crippen molar-refractivity contribution in [3.05, 3.63) is 41.5 Å². The zero-order chi connectivity index (χ0) is 21.5. The lowest BCUT2D eigenvalue weighted by Gasteiger charge is -2.19. The third-order valence-corrected chi connectivity index (χ3v) is 5.22. The average Bonchev–Trinajstić information content (AvgIpc) is 3.28. The van der Waals surface area contributed by atoms with Crippen molar-refractivity contribution in [3.8, 4) is 17.2 Å². The van der Waals surface area contributed by atoms with Crippen molar-refractivity contribution in [3.63, 3.8) is 0 Å². The summed E-state index contributed by atoms with van der Waals surface area (Å²) in [5.41, 5.74) is 3.83. The van der Waals surface area contributed by atoms with Gasteiger partial charge in [-0.25, -0.2) is 0 Å². The third-order valence-electron chi connectivity index (χ3n) is 5.22. The number of anilines is 2. The van der Waals surface area contributed by atoms with Gasteiger partial charge in [0, 0.05) is 31.1 Å². The first-order valence-corrected chi connectivity index (χ1v) is 10.2. The van der Waals surface area contributed by atoms with E-state index < -0.39 is 0 Å². The van der Waals surface area contributed by atoms with Crippen molar-refractivity contribution >= 4 is 17.3 Å². The molecule has 2 aromatic carbocycles. The fourth-order valence-electron chi connectivity index (χ4n) is 3.63. The van der Waals surface area contributed by atoms with Crippen LogP contribution in [0.1, 0.15) is 24.0 Å². The lowest BCUT2D eigenvalue weighted by molar-refractivity contribution is -0.118. The predicted octanol–water partition coefficient (Wildman–Crippen LogP) is 3.16. The highest BCUT2D eigenvalue weighted by molar-refractivity contribution is 5.93. The Morgan fingerprint density at radius 1 is 1.10 bits per heavy atom. The Morgan fingerprint density at radius 2 is 1.77 bits per heavy atom. The van der Waals surface area contributed by atoms with Crippen LogP contribution in [0.4, 0.5) is 11.4 Å². The normalized spacial score (nSPS) is 13.3. The number of aliphatic hydroxyl groups excluding tert-OH is 1. The SMILES string of the molecule is COc1cc(CCO)cc(OC)c1OCC(=O)Nc1ccc(N2CCCC2)cc1C. The molecular weight excluding hydrogens is 384 g/mol. The molecule has 1 amide bonds. The second-order valence-corrected chi connectivity index (χ2v) is 7.33. The first kappa shape index (κ1) is 21.8. The van der Waals surface area contributed by atoms with Crippen LogP contribution in [0, 0.1) is 6.92 Å². The van der Waals surface area contributed by atoms with Crippen LogP contribution in [0.5, 0.6) is 17.2 Å². The van der Waals surface area contributed by atoms with Gasteiger partial charge in [0.25, 0.3) is 5.91 Å². The van der Waals surface area contributed by atoms with Gasteiger partial charge in [-0.15, -0.1) is 0 Å². The number of benzene rings is 2. The van der Waals surface area contributed by atoms with Crippen LogP contribution in [-0.2, 0) is 11.2 Å². The second-order valence-electron chi connectivity index (χ2n) is 7.33. The summed E-state index contributed by atoms with van der Waals surface area (Å²) in [4.78, 5) is 14.8. The van der Waals surface area contributed by atoms with Crippen LogP contribution in [0.3, 0.4) is 0 Å². The van der Waals surface area contributed by atoms with Crippen molar-refractivity contribution in [2.45, 2.75) is 26.2 Å². The smallest absolute Gasteiger partial charge is 0.262 e. The summed E-state index contributed by atoms with van der Waals surface area (Å²) in [7, 11) is 3.05. The highest BCUT2D eigenvalue weighted by Gasteiger charge is 2.17. The van der Waals surface area contributed by atoms with Gasteiger partial charge in [-0.3, -0.25) is 4.79 Å². The zero-order valence-corrected chi connectivity index (χ0v) is 17.9. The minimum absolute atomic E-state index is 0.0187. The monoisotopic (exact) mass is 414 g/mol. The molecule has 7 heteroatoms. The molecule has 0 aliphatic carbocycles. The lowest BCUT2D eigenvalue weighted by atomic mass is 10.1. The van der Waals surface area contributed by atoms with E-state index in [2.05, 4.69) is 16.3 Å². The highest BCUT2D eigenvalue weighted by atomic mass is 16.5. The molecule has 30 heavy (non-hydrogen) atoms. The number of nitrogens with one attached hydrogen (secondary N) is 1. The van der Waals surface area contributed by atoms with Crippen molar-refractivity contribution in [2.24, 2.45) is 0 Å². The van der Waals surface area contributed by atoms with E-state index in [-0.39, 0.29) is 19.1 Å². The van der Waals surface area contributed by atoms with Gasteiger partial charge in [0.2, 0.25) is 5.75 Å². The number of ether oxygens (including phenoxy) is 3. The zero-order valence-electron chi connectivity index (χ0n) is 17.9. The maximum Gasteiger partial charge on any atom is 0.262 e. The molecule has 0 saturated carbocycles. The van der Waals surface area contributed by atoms with Crippen LogP contribution in [0.15, 0.2) is 30.3 Å². The quantitative estimate of drug-likeness (QED) is 0.656. The maximum atomic E-state index is 12.5. The van der Waals surface area contributed by atoms with Crippen LogP contribution in [0.25, 0.3) is 0 Å². The molecule has 3 rings (SSSR count). The fraction of sp³-hybridized carbons (Fsp3) is 0.435. The highest BCUT2D eigenvalue weighted by Crippen LogP contribution is 2.38. The van der Waals surface area contributed by atoms with E-state index >= 15 is 0 Å². The summed E-state index contributed by atoms with van der Waals surface area (Å²) >= 11 is 0. The Balaban J connectivity index is 1.66. The number of aryl methyl sites for hydroxylation is 1. The summed E-state index contributed by atoms with van der Waals surface area (Å²) in [6.45, 7) is 3.99. The van der Waals surface area contributed by atoms with E-state index in [1.54, 1.807) is 12.1 Å². The second kappa shape index (κ2) is 10.2. The number of nitrogens with zero attached hydrogens (tertiary/aromatic N) is 1. The topological polar surface area (TPSA) is 80.3 Å². The lowest BCUT2D eigenvalue weighted by Crippen LogP contribution is -2.21. The van der Waals surface area contributed by atoms with Crippen LogP contribution < -0.4 is 24.4 Å². The van der Waals surface area contributed by atoms with Gasteiger partial charge in [-0.05, 0) is 67.6 Å². The number of carbonyl (C=O) groups excluding carboxylic acids is 1. The number of carbonyl (C=O) groups is 1. The molecule has 0 bridgehead atoms. The van der Waals surface area contributed by atoms with Crippen LogP contribution in [0.2, 0.25) is 0 Å². The largest absolute Gasteiger partial charge is 0.493 e. The molecule has 0 radical (unpaired) electrons. The van der Waals surface area contributed by atoms with Gasteiger partial charge in [-0.2, -0.15) is 0 Å². The van der Waals surface area contributed by atoms with Gasteiger partial charge in [0.15, 0.2) is 18.1 Å². The summed E-state index contributed by atoms with van der Waals surface area (Å²) in [5.74, 6) is 1.00. The molecule has 0 spiro atoms. The van der Waals surface area contributed by atoms with Crippen molar-refractivity contribution in [2.75, 3.05) is 50.7 Å². The Labute approximate surface area is 177 Å². The van der Waals surface area contributed by atoms with Crippen molar-refractivity contribution < 1.29 is 24.1 Å². The Hall–Kier alpha value is -2.93.